The average molecular weight is 183 g/mol. The molecule has 0 fully saturated rings. The van der Waals surface area contributed by atoms with Crippen LogP contribution in [0.15, 0.2) is 23.5 Å². The molecule has 0 aliphatic carbocycles. The van der Waals surface area contributed by atoms with Crippen molar-refractivity contribution in [3.8, 4) is 0 Å². The Morgan fingerprint density at radius 1 is 1.62 bits per heavy atom. The number of hydrogen-bond donors (Lipinski definition) is 3. The molecule has 5 nitrogen and oxygen atoms in total. The van der Waals surface area contributed by atoms with Crippen LogP contribution in [0.25, 0.3) is 0 Å². The van der Waals surface area contributed by atoms with Gasteiger partial charge in [-0.05, 0) is 0 Å². The Balaban J connectivity index is 2.74. The fourth-order valence-electron chi connectivity index (χ4n) is 0.773. The largest absolute Gasteiger partial charge is 0.324 e. The van der Waals surface area contributed by atoms with Gasteiger partial charge < -0.3 is 5.32 Å². The SMILES string of the molecule is CN=C(NN)Nc1cncc(F)c1. The zero-order valence-electron chi connectivity index (χ0n) is 7.08. The maximum absolute atomic E-state index is 12.6. The topological polar surface area (TPSA) is 75.3 Å². The number of anilines is 1. The van der Waals surface area contributed by atoms with E-state index in [1.807, 2.05) is 0 Å². The van der Waals surface area contributed by atoms with E-state index in [0.29, 0.717) is 11.6 Å². The maximum atomic E-state index is 12.6. The molecule has 0 aromatic carbocycles. The van der Waals surface area contributed by atoms with Crippen molar-refractivity contribution < 1.29 is 4.39 Å². The summed E-state index contributed by atoms with van der Waals surface area (Å²) in [7, 11) is 1.55. The second-order valence-electron chi connectivity index (χ2n) is 2.23. The van der Waals surface area contributed by atoms with Crippen LogP contribution in [0, 0.1) is 5.82 Å². The first-order valence-corrected chi connectivity index (χ1v) is 3.57. The minimum absolute atomic E-state index is 0.340. The van der Waals surface area contributed by atoms with Crippen molar-refractivity contribution in [2.24, 2.45) is 10.8 Å². The predicted octanol–water partition coefficient (Wildman–Crippen LogP) is 0.0817. The van der Waals surface area contributed by atoms with Crippen LogP contribution in [-0.4, -0.2) is 18.0 Å². The molecular formula is C7H10FN5. The number of halogens is 1. The first kappa shape index (κ1) is 9.40. The predicted molar refractivity (Wildman–Crippen MR) is 48.5 cm³/mol. The fraction of sp³-hybridized carbons (Fsp3) is 0.143. The third-order valence-electron chi connectivity index (χ3n) is 1.33. The molecule has 1 heterocycles. The normalized spacial score (nSPS) is 11.2. The van der Waals surface area contributed by atoms with Gasteiger partial charge in [-0.15, -0.1) is 0 Å². The summed E-state index contributed by atoms with van der Waals surface area (Å²) in [5.74, 6) is 5.03. The van der Waals surface area contributed by atoms with Crippen LogP contribution in [-0.2, 0) is 0 Å². The summed E-state index contributed by atoms with van der Waals surface area (Å²) in [5.41, 5.74) is 2.79. The highest BCUT2D eigenvalue weighted by Crippen LogP contribution is 2.05. The van der Waals surface area contributed by atoms with Gasteiger partial charge in [0.05, 0.1) is 18.1 Å². The maximum Gasteiger partial charge on any atom is 0.210 e. The number of guanidine groups is 1. The lowest BCUT2D eigenvalue weighted by atomic mass is 10.4. The minimum atomic E-state index is -0.419. The van der Waals surface area contributed by atoms with Gasteiger partial charge in [0.2, 0.25) is 5.96 Å². The van der Waals surface area contributed by atoms with Gasteiger partial charge in [0.15, 0.2) is 0 Å². The second-order valence-corrected chi connectivity index (χ2v) is 2.23. The summed E-state index contributed by atoms with van der Waals surface area (Å²) < 4.78 is 12.6. The van der Waals surface area contributed by atoms with Gasteiger partial charge >= 0.3 is 0 Å². The standard InChI is InChI=1S/C7H10FN5/c1-10-7(13-9)12-6-2-5(8)3-11-4-6/h2-4H,9H2,1H3,(H2,10,12,13). The van der Waals surface area contributed by atoms with Crippen molar-refractivity contribution in [1.29, 1.82) is 0 Å². The molecule has 0 spiro atoms. The molecule has 13 heavy (non-hydrogen) atoms. The summed E-state index contributed by atoms with van der Waals surface area (Å²) >= 11 is 0. The molecule has 1 aromatic rings. The Kier molecular flexibility index (Phi) is 3.15. The second kappa shape index (κ2) is 4.36. The zero-order chi connectivity index (χ0) is 9.68. The van der Waals surface area contributed by atoms with Crippen LogP contribution in [0.2, 0.25) is 0 Å². The van der Waals surface area contributed by atoms with Crippen LogP contribution in [0.5, 0.6) is 0 Å². The smallest absolute Gasteiger partial charge is 0.210 e. The molecule has 0 saturated carbocycles. The van der Waals surface area contributed by atoms with Gasteiger partial charge in [0, 0.05) is 13.1 Å². The molecule has 70 valence electrons. The highest BCUT2D eigenvalue weighted by molar-refractivity contribution is 5.92. The lowest BCUT2D eigenvalue weighted by Gasteiger charge is -2.06. The molecule has 0 aliphatic heterocycles. The number of rotatable bonds is 1. The highest BCUT2D eigenvalue weighted by atomic mass is 19.1. The van der Waals surface area contributed by atoms with Crippen LogP contribution in [0.1, 0.15) is 0 Å². The number of pyridine rings is 1. The van der Waals surface area contributed by atoms with E-state index in [0.717, 1.165) is 6.20 Å². The van der Waals surface area contributed by atoms with Gasteiger partial charge in [-0.3, -0.25) is 15.4 Å². The number of hydrogen-bond acceptors (Lipinski definition) is 3. The minimum Gasteiger partial charge on any atom is -0.324 e. The van der Waals surface area contributed by atoms with Gasteiger partial charge in [-0.1, -0.05) is 0 Å². The molecule has 0 radical (unpaired) electrons. The summed E-state index contributed by atoms with van der Waals surface area (Å²) in [6, 6.07) is 1.29. The van der Waals surface area contributed by atoms with E-state index in [1.165, 1.54) is 12.3 Å². The van der Waals surface area contributed by atoms with Gasteiger partial charge in [-0.2, -0.15) is 0 Å². The Bertz CT molecular complexity index is 312. The Morgan fingerprint density at radius 3 is 2.92 bits per heavy atom. The molecule has 1 rings (SSSR count). The molecule has 4 N–H and O–H groups in total. The first-order valence-electron chi connectivity index (χ1n) is 3.57. The van der Waals surface area contributed by atoms with E-state index >= 15 is 0 Å². The summed E-state index contributed by atoms with van der Waals surface area (Å²) in [6.07, 6.45) is 2.58. The quantitative estimate of drug-likeness (QED) is 0.249. The van der Waals surface area contributed by atoms with Crippen molar-refractivity contribution in [3.05, 3.63) is 24.3 Å². The zero-order valence-corrected chi connectivity index (χ0v) is 7.08. The lowest BCUT2D eigenvalue weighted by molar-refractivity contribution is 0.622. The van der Waals surface area contributed by atoms with Gasteiger partial charge in [0.25, 0.3) is 0 Å². The summed E-state index contributed by atoms with van der Waals surface area (Å²) in [4.78, 5) is 7.40. The highest BCUT2D eigenvalue weighted by Gasteiger charge is 1.97. The Morgan fingerprint density at radius 2 is 2.38 bits per heavy atom. The number of aromatic nitrogens is 1. The molecule has 1 aromatic heterocycles. The monoisotopic (exact) mass is 183 g/mol. The number of nitrogens with zero attached hydrogens (tertiary/aromatic N) is 2. The van der Waals surface area contributed by atoms with Crippen molar-refractivity contribution >= 4 is 11.6 Å². The Hall–Kier alpha value is -1.69. The van der Waals surface area contributed by atoms with E-state index < -0.39 is 5.82 Å². The van der Waals surface area contributed by atoms with Gasteiger partial charge in [-0.25, -0.2) is 10.2 Å². The average Bonchev–Trinajstić information content (AvgIpc) is 2.14. The lowest BCUT2D eigenvalue weighted by Crippen LogP contribution is -2.36. The van der Waals surface area contributed by atoms with Crippen molar-refractivity contribution in [2.75, 3.05) is 12.4 Å². The summed E-state index contributed by atoms with van der Waals surface area (Å²) in [6.45, 7) is 0. The molecule has 0 saturated heterocycles. The Labute approximate surface area is 74.9 Å². The van der Waals surface area contributed by atoms with E-state index in [9.17, 15) is 4.39 Å². The van der Waals surface area contributed by atoms with Crippen LogP contribution in [0.4, 0.5) is 10.1 Å². The van der Waals surface area contributed by atoms with Gasteiger partial charge in [0.1, 0.15) is 5.82 Å². The molecule has 0 atom stereocenters. The third-order valence-corrected chi connectivity index (χ3v) is 1.33. The van der Waals surface area contributed by atoms with E-state index in [1.54, 1.807) is 7.05 Å². The molecule has 0 aliphatic rings. The van der Waals surface area contributed by atoms with Crippen molar-refractivity contribution in [3.63, 3.8) is 0 Å². The van der Waals surface area contributed by atoms with Crippen molar-refractivity contribution in [2.45, 2.75) is 0 Å². The number of aliphatic imine (C=N–C) groups is 1. The summed E-state index contributed by atoms with van der Waals surface area (Å²) in [5, 5.41) is 2.73. The van der Waals surface area contributed by atoms with E-state index in [-0.39, 0.29) is 0 Å². The molecular weight excluding hydrogens is 173 g/mol. The number of nitrogens with two attached hydrogens (primary N) is 1. The molecule has 0 amide bonds. The molecule has 0 unspecified atom stereocenters. The first-order chi connectivity index (χ1) is 6.26. The third kappa shape index (κ3) is 2.68. The van der Waals surface area contributed by atoms with Crippen LogP contribution < -0.4 is 16.6 Å². The van der Waals surface area contributed by atoms with E-state index in [2.05, 4.69) is 20.7 Å². The van der Waals surface area contributed by atoms with E-state index in [4.69, 9.17) is 5.84 Å². The van der Waals surface area contributed by atoms with Crippen molar-refractivity contribution in [1.82, 2.24) is 10.4 Å². The van der Waals surface area contributed by atoms with Crippen LogP contribution in [0.3, 0.4) is 0 Å². The fourth-order valence-corrected chi connectivity index (χ4v) is 0.773. The number of nitrogens with one attached hydrogen (secondary N) is 2. The molecule has 0 bridgehead atoms. The number of hydrazine groups is 1. The molecule has 6 heteroatoms. The van der Waals surface area contributed by atoms with Crippen LogP contribution >= 0.6 is 0 Å².